The lowest BCUT2D eigenvalue weighted by Gasteiger charge is -2.35. The van der Waals surface area contributed by atoms with Gasteiger partial charge in [-0.3, -0.25) is 19.2 Å². The van der Waals surface area contributed by atoms with Crippen LogP contribution < -0.4 is 16.1 Å². The Balaban J connectivity index is 1.54. The molecule has 250 valence electrons. The fourth-order valence-electron chi connectivity index (χ4n) is 6.81. The van der Waals surface area contributed by atoms with Gasteiger partial charge in [0.2, 0.25) is 17.2 Å². The highest BCUT2D eigenvalue weighted by molar-refractivity contribution is 7.92. The number of nitrogens with one attached hydrogen (secondary N) is 2. The van der Waals surface area contributed by atoms with Crippen LogP contribution in [-0.2, 0) is 29.9 Å². The summed E-state index contributed by atoms with van der Waals surface area (Å²) < 4.78 is 37.7. The molecule has 1 unspecified atom stereocenters. The summed E-state index contributed by atoms with van der Waals surface area (Å²) in [5.41, 5.74) is -1.22. The van der Waals surface area contributed by atoms with E-state index in [1.165, 1.54) is 24.3 Å². The molecule has 1 atom stereocenters. The van der Waals surface area contributed by atoms with Crippen molar-refractivity contribution in [3.05, 3.63) is 81.0 Å². The van der Waals surface area contributed by atoms with Crippen LogP contribution in [-0.4, -0.2) is 38.6 Å². The van der Waals surface area contributed by atoms with E-state index in [0.29, 0.717) is 36.8 Å². The summed E-state index contributed by atoms with van der Waals surface area (Å²) in [6, 6.07) is 12.0. The third-order valence-electron chi connectivity index (χ3n) is 9.27. The summed E-state index contributed by atoms with van der Waals surface area (Å²) in [6.07, 6.45) is 3.73. The summed E-state index contributed by atoms with van der Waals surface area (Å²) in [7, 11) is -3.93. The number of ether oxygens (including phenoxy) is 1. The van der Waals surface area contributed by atoms with Crippen molar-refractivity contribution in [2.45, 2.75) is 70.3 Å². The molecular weight excluding hydrogens is 636 g/mol. The van der Waals surface area contributed by atoms with Crippen molar-refractivity contribution in [3.63, 3.8) is 0 Å². The van der Waals surface area contributed by atoms with Gasteiger partial charge >= 0.3 is 5.97 Å². The van der Waals surface area contributed by atoms with Gasteiger partial charge in [-0.1, -0.05) is 63.8 Å². The van der Waals surface area contributed by atoms with E-state index in [0.717, 1.165) is 12.8 Å². The van der Waals surface area contributed by atoms with Crippen LogP contribution in [0.4, 0.5) is 11.4 Å². The first-order valence-electron chi connectivity index (χ1n) is 16.2. The van der Waals surface area contributed by atoms with Gasteiger partial charge in [0, 0.05) is 5.56 Å². The van der Waals surface area contributed by atoms with Gasteiger partial charge in [0.05, 0.1) is 40.1 Å². The van der Waals surface area contributed by atoms with Crippen molar-refractivity contribution < 1.29 is 36.7 Å². The van der Waals surface area contributed by atoms with Crippen LogP contribution in [0.3, 0.4) is 0 Å². The van der Waals surface area contributed by atoms with Crippen LogP contribution in [0.5, 0.6) is 0 Å². The predicted octanol–water partition coefficient (Wildman–Crippen LogP) is 6.23. The molecule has 1 aromatic heterocycles. The van der Waals surface area contributed by atoms with Crippen LogP contribution in [0, 0.1) is 5.41 Å². The number of fused-ring (bicyclic) bond motifs is 5. The maximum atomic E-state index is 14.1. The SMILES string of the molecule is CCCCC1(CCCC)C(=O)Nc2c(ccc3c(=O)c4cc(C(=O)OCC)cc(NC(=O)C5c6ccccc6CS5(=O)=O)c4oc23)C1=O. The lowest BCUT2D eigenvalue weighted by atomic mass is 9.69. The molecule has 2 aliphatic rings. The molecule has 3 aromatic carbocycles. The molecule has 11 nitrogen and oxygen atoms in total. The van der Waals surface area contributed by atoms with E-state index in [1.807, 2.05) is 13.8 Å². The fourth-order valence-corrected chi connectivity index (χ4v) is 8.67. The second-order valence-corrected chi connectivity index (χ2v) is 14.5. The highest BCUT2D eigenvalue weighted by Crippen LogP contribution is 2.44. The normalized spacial score (nSPS) is 17.5. The molecule has 12 heteroatoms. The standard InChI is InChI=1S/C36H36N2O9S/c1-4-7-15-36(16-8-5-2)32(40)23-13-14-24-28(39)25-17-21(34(42)46-6-3)18-26(29(25)47-30(24)27(23)38-35(36)43)37-33(41)31-22-12-10-9-11-20(22)19-48(31,44)45/h9-14,17-18,31H,4-8,15-16,19H2,1-3H3,(H,37,41)(H,38,43). The second kappa shape index (κ2) is 12.6. The summed E-state index contributed by atoms with van der Waals surface area (Å²) in [5, 5.41) is 3.88. The average Bonchev–Trinajstić information content (AvgIpc) is 3.34. The van der Waals surface area contributed by atoms with Crippen molar-refractivity contribution in [2.24, 2.45) is 5.41 Å². The number of rotatable bonds is 10. The zero-order chi connectivity index (χ0) is 34.4. The van der Waals surface area contributed by atoms with Crippen molar-refractivity contribution >= 4 is 66.7 Å². The van der Waals surface area contributed by atoms with Gasteiger partial charge in [-0.2, -0.15) is 0 Å². The number of Topliss-reactive ketones (excluding diaryl/α,β-unsaturated/α-hetero) is 1. The smallest absolute Gasteiger partial charge is 0.338 e. The number of carbonyl (C=O) groups is 4. The molecule has 2 amide bonds. The van der Waals surface area contributed by atoms with E-state index in [-0.39, 0.29) is 62.6 Å². The number of anilines is 2. The van der Waals surface area contributed by atoms with Crippen LogP contribution in [0.1, 0.15) is 96.4 Å². The van der Waals surface area contributed by atoms with Crippen molar-refractivity contribution in [1.82, 2.24) is 0 Å². The van der Waals surface area contributed by atoms with Gasteiger partial charge in [0.1, 0.15) is 5.41 Å². The number of sulfone groups is 1. The quantitative estimate of drug-likeness (QED) is 0.113. The molecular formula is C36H36N2O9S. The number of hydrogen-bond donors (Lipinski definition) is 2. The molecule has 3 heterocycles. The van der Waals surface area contributed by atoms with Crippen molar-refractivity contribution in [3.8, 4) is 0 Å². The Hall–Kier alpha value is -4.84. The molecule has 0 spiro atoms. The van der Waals surface area contributed by atoms with Gasteiger partial charge < -0.3 is 19.8 Å². The van der Waals surface area contributed by atoms with E-state index >= 15 is 0 Å². The Labute approximate surface area is 276 Å². The molecule has 0 radical (unpaired) electrons. The molecule has 6 rings (SSSR count). The van der Waals surface area contributed by atoms with Gasteiger partial charge in [0.15, 0.2) is 32.0 Å². The van der Waals surface area contributed by atoms with Crippen molar-refractivity contribution in [2.75, 3.05) is 17.2 Å². The Morgan fingerprint density at radius 2 is 1.67 bits per heavy atom. The van der Waals surface area contributed by atoms with E-state index < -0.39 is 43.7 Å². The lowest BCUT2D eigenvalue weighted by Crippen LogP contribution is -2.47. The minimum atomic E-state index is -3.93. The Kier molecular flexibility index (Phi) is 8.71. The highest BCUT2D eigenvalue weighted by atomic mass is 32.2. The van der Waals surface area contributed by atoms with E-state index in [1.54, 1.807) is 31.2 Å². The minimum Gasteiger partial charge on any atom is -0.462 e. The lowest BCUT2D eigenvalue weighted by molar-refractivity contribution is -0.124. The maximum Gasteiger partial charge on any atom is 0.338 e. The van der Waals surface area contributed by atoms with E-state index in [2.05, 4.69) is 10.6 Å². The van der Waals surface area contributed by atoms with Crippen LogP contribution in [0.25, 0.3) is 21.9 Å². The third kappa shape index (κ3) is 5.37. The molecule has 48 heavy (non-hydrogen) atoms. The number of benzene rings is 3. The maximum absolute atomic E-state index is 14.1. The summed E-state index contributed by atoms with van der Waals surface area (Å²) in [4.78, 5) is 68.5. The first-order valence-corrected chi connectivity index (χ1v) is 17.9. The Morgan fingerprint density at radius 3 is 2.35 bits per heavy atom. The van der Waals surface area contributed by atoms with Crippen LogP contribution >= 0.6 is 0 Å². The molecule has 4 aromatic rings. The van der Waals surface area contributed by atoms with Gasteiger partial charge in [-0.25, -0.2) is 13.2 Å². The van der Waals surface area contributed by atoms with Crippen LogP contribution in [0.15, 0.2) is 57.7 Å². The van der Waals surface area contributed by atoms with Gasteiger partial charge in [-0.05, 0) is 55.2 Å². The molecule has 0 bridgehead atoms. The highest BCUT2D eigenvalue weighted by Gasteiger charge is 2.49. The monoisotopic (exact) mass is 672 g/mol. The number of amides is 2. The fraction of sp³-hybridized carbons (Fsp3) is 0.361. The largest absolute Gasteiger partial charge is 0.462 e. The number of esters is 1. The Bertz CT molecular complexity index is 2180. The second-order valence-electron chi connectivity index (χ2n) is 12.4. The number of carbonyl (C=O) groups excluding carboxylic acids is 4. The predicted molar refractivity (Wildman–Crippen MR) is 181 cm³/mol. The first-order chi connectivity index (χ1) is 23.0. The van der Waals surface area contributed by atoms with Crippen molar-refractivity contribution in [1.29, 1.82) is 0 Å². The number of unbranched alkanes of at least 4 members (excludes halogenated alkanes) is 2. The average molecular weight is 673 g/mol. The molecule has 2 N–H and O–H groups in total. The molecule has 2 aliphatic heterocycles. The number of hydrogen-bond acceptors (Lipinski definition) is 9. The summed E-state index contributed by atoms with van der Waals surface area (Å²) in [5.74, 6) is -2.80. The summed E-state index contributed by atoms with van der Waals surface area (Å²) in [6.45, 7) is 5.64. The third-order valence-corrected chi connectivity index (χ3v) is 11.2. The Morgan fingerprint density at radius 1 is 0.958 bits per heavy atom. The zero-order valence-electron chi connectivity index (χ0n) is 26.9. The van der Waals surface area contributed by atoms with Gasteiger partial charge in [-0.15, -0.1) is 0 Å². The number of ketones is 1. The minimum absolute atomic E-state index is 0.0366. The zero-order valence-corrected chi connectivity index (χ0v) is 27.8. The summed E-state index contributed by atoms with van der Waals surface area (Å²) >= 11 is 0. The molecule has 0 saturated heterocycles. The topological polar surface area (TPSA) is 166 Å². The molecule has 0 saturated carbocycles. The molecule has 0 aliphatic carbocycles. The van der Waals surface area contributed by atoms with Crippen LogP contribution in [0.2, 0.25) is 0 Å². The molecule has 0 fully saturated rings. The van der Waals surface area contributed by atoms with Gasteiger partial charge in [0.25, 0.3) is 0 Å². The first kappa shape index (κ1) is 33.1. The van der Waals surface area contributed by atoms with E-state index in [9.17, 15) is 32.4 Å². The van der Waals surface area contributed by atoms with E-state index in [4.69, 9.17) is 9.15 Å².